The molecular formula is C27H45NO2. The second kappa shape index (κ2) is 9.46. The quantitative estimate of drug-likeness (QED) is 0.608. The van der Waals surface area contributed by atoms with Crippen molar-refractivity contribution < 1.29 is 9.84 Å². The van der Waals surface area contributed by atoms with Gasteiger partial charge in [-0.15, -0.1) is 0 Å². The molecule has 4 aliphatic rings. The van der Waals surface area contributed by atoms with Crippen molar-refractivity contribution >= 4 is 0 Å². The predicted octanol–water partition coefficient (Wildman–Crippen LogP) is 5.88. The molecule has 1 N–H and O–H groups in total. The van der Waals surface area contributed by atoms with Gasteiger partial charge in [0.2, 0.25) is 0 Å². The Bertz CT molecular complexity index is 655. The minimum atomic E-state index is -0.106. The summed E-state index contributed by atoms with van der Waals surface area (Å²) in [4.78, 5) is 2.67. The van der Waals surface area contributed by atoms with Gasteiger partial charge in [-0.3, -0.25) is 0 Å². The van der Waals surface area contributed by atoms with Crippen LogP contribution >= 0.6 is 0 Å². The Balaban J connectivity index is 1.38. The molecule has 5 atom stereocenters. The number of nitrogens with zero attached hydrogens (tertiary/aromatic N) is 1. The van der Waals surface area contributed by atoms with Crippen LogP contribution in [0.15, 0.2) is 23.3 Å². The standard InChI is InChI=1S/C27H45NO2/c1-26(30-3)15-6-17-28(20-26)18-14-23-12-13-25-22(8-5-16-27(23,25)2)11-10-21-7-4-9-24(29)19-21/h10-11,23-25,29H,4-9,12-20H2,1-3H3/b21-10-,22-11+/t23-,24?,25?,26?,27?/m1/s1. The maximum absolute atomic E-state index is 9.98. The Morgan fingerprint density at radius 3 is 2.73 bits per heavy atom. The zero-order valence-electron chi connectivity index (χ0n) is 19.8. The van der Waals surface area contributed by atoms with Gasteiger partial charge in [0.15, 0.2) is 0 Å². The van der Waals surface area contributed by atoms with Crippen LogP contribution in [0, 0.1) is 17.3 Å². The molecule has 4 rings (SSSR count). The van der Waals surface area contributed by atoms with Gasteiger partial charge in [0, 0.05) is 13.7 Å². The molecule has 1 heterocycles. The molecule has 170 valence electrons. The summed E-state index contributed by atoms with van der Waals surface area (Å²) in [6.45, 7) is 8.48. The fourth-order valence-corrected chi connectivity index (χ4v) is 7.27. The fourth-order valence-electron chi connectivity index (χ4n) is 7.27. The van der Waals surface area contributed by atoms with Crippen molar-refractivity contribution in [3.63, 3.8) is 0 Å². The zero-order chi connectivity index (χ0) is 21.2. The van der Waals surface area contributed by atoms with E-state index in [0.29, 0.717) is 5.41 Å². The van der Waals surface area contributed by atoms with Crippen molar-refractivity contribution in [1.29, 1.82) is 0 Å². The van der Waals surface area contributed by atoms with Crippen LogP contribution < -0.4 is 0 Å². The minimum absolute atomic E-state index is 0.0569. The molecule has 3 heteroatoms. The molecule has 3 nitrogen and oxygen atoms in total. The van der Waals surface area contributed by atoms with Gasteiger partial charge in [0.1, 0.15) is 0 Å². The lowest BCUT2D eigenvalue weighted by molar-refractivity contribution is -0.0526. The number of rotatable bonds is 5. The molecule has 0 aromatic carbocycles. The van der Waals surface area contributed by atoms with Gasteiger partial charge in [0.05, 0.1) is 11.7 Å². The number of aliphatic hydroxyl groups is 1. The molecule has 0 spiro atoms. The van der Waals surface area contributed by atoms with Crippen LogP contribution in [0.3, 0.4) is 0 Å². The number of likely N-dealkylation sites (tertiary alicyclic amines) is 1. The van der Waals surface area contributed by atoms with E-state index in [0.717, 1.165) is 37.6 Å². The van der Waals surface area contributed by atoms with E-state index in [4.69, 9.17) is 4.74 Å². The number of methoxy groups -OCH3 is 1. The topological polar surface area (TPSA) is 32.7 Å². The smallest absolute Gasteiger partial charge is 0.0777 e. The highest BCUT2D eigenvalue weighted by molar-refractivity contribution is 5.25. The number of piperidine rings is 1. The second-order valence-electron chi connectivity index (χ2n) is 11.3. The molecule has 1 saturated heterocycles. The van der Waals surface area contributed by atoms with E-state index in [1.54, 1.807) is 5.57 Å². The summed E-state index contributed by atoms with van der Waals surface area (Å²) in [5, 5.41) is 9.98. The lowest BCUT2D eigenvalue weighted by Crippen LogP contribution is -2.48. The molecule has 0 aromatic heterocycles. The number of allylic oxidation sites excluding steroid dienone is 3. The number of hydrogen-bond acceptors (Lipinski definition) is 3. The Morgan fingerprint density at radius 2 is 1.93 bits per heavy atom. The summed E-state index contributed by atoms with van der Waals surface area (Å²) in [7, 11) is 1.88. The summed E-state index contributed by atoms with van der Waals surface area (Å²) < 4.78 is 5.81. The summed E-state index contributed by atoms with van der Waals surface area (Å²) >= 11 is 0. The van der Waals surface area contributed by atoms with Crippen molar-refractivity contribution in [3.8, 4) is 0 Å². The van der Waals surface area contributed by atoms with Crippen molar-refractivity contribution in [2.24, 2.45) is 17.3 Å². The van der Waals surface area contributed by atoms with E-state index >= 15 is 0 Å². The molecule has 0 amide bonds. The highest BCUT2D eigenvalue weighted by Gasteiger charge is 2.48. The van der Waals surface area contributed by atoms with Crippen LogP contribution in [0.2, 0.25) is 0 Å². The van der Waals surface area contributed by atoms with Gasteiger partial charge >= 0.3 is 0 Å². The van der Waals surface area contributed by atoms with E-state index in [-0.39, 0.29) is 11.7 Å². The maximum atomic E-state index is 9.98. The van der Waals surface area contributed by atoms with Gasteiger partial charge in [-0.1, -0.05) is 30.2 Å². The van der Waals surface area contributed by atoms with Crippen LogP contribution in [-0.4, -0.2) is 48.5 Å². The van der Waals surface area contributed by atoms with Crippen molar-refractivity contribution in [3.05, 3.63) is 23.3 Å². The third kappa shape index (κ3) is 4.89. The average molecular weight is 416 g/mol. The lowest BCUT2D eigenvalue weighted by Gasteiger charge is -2.44. The van der Waals surface area contributed by atoms with Gasteiger partial charge < -0.3 is 14.7 Å². The molecule has 1 aliphatic heterocycles. The van der Waals surface area contributed by atoms with Crippen LogP contribution in [-0.2, 0) is 4.74 Å². The van der Waals surface area contributed by atoms with Crippen LogP contribution in [0.4, 0.5) is 0 Å². The Hall–Kier alpha value is -0.640. The summed E-state index contributed by atoms with van der Waals surface area (Å²) in [5.74, 6) is 1.65. The molecule has 4 unspecified atom stereocenters. The highest BCUT2D eigenvalue weighted by Crippen LogP contribution is 2.58. The van der Waals surface area contributed by atoms with Gasteiger partial charge in [-0.25, -0.2) is 0 Å². The molecule has 3 saturated carbocycles. The lowest BCUT2D eigenvalue weighted by atomic mass is 9.63. The highest BCUT2D eigenvalue weighted by atomic mass is 16.5. The number of hydrogen-bond donors (Lipinski definition) is 1. The molecule has 0 aromatic rings. The van der Waals surface area contributed by atoms with Crippen molar-refractivity contribution in [1.82, 2.24) is 4.90 Å². The fraction of sp³-hybridized carbons (Fsp3) is 0.852. The Labute approximate surface area is 184 Å². The van der Waals surface area contributed by atoms with E-state index in [9.17, 15) is 5.11 Å². The zero-order valence-corrected chi connectivity index (χ0v) is 19.8. The number of aliphatic hydroxyl groups excluding tert-OH is 1. The molecule has 4 fully saturated rings. The minimum Gasteiger partial charge on any atom is -0.393 e. The first-order valence-electron chi connectivity index (χ1n) is 12.8. The Morgan fingerprint density at radius 1 is 1.07 bits per heavy atom. The third-order valence-corrected chi connectivity index (χ3v) is 9.25. The maximum Gasteiger partial charge on any atom is 0.0777 e. The van der Waals surface area contributed by atoms with Crippen LogP contribution in [0.5, 0.6) is 0 Å². The first-order chi connectivity index (χ1) is 14.4. The van der Waals surface area contributed by atoms with E-state index in [2.05, 4.69) is 30.9 Å². The van der Waals surface area contributed by atoms with E-state index < -0.39 is 0 Å². The van der Waals surface area contributed by atoms with Crippen LogP contribution in [0.25, 0.3) is 0 Å². The molecular weight excluding hydrogens is 370 g/mol. The molecule has 3 aliphatic carbocycles. The summed E-state index contributed by atoms with van der Waals surface area (Å²) in [6, 6.07) is 0. The summed E-state index contributed by atoms with van der Waals surface area (Å²) in [6.07, 6.45) is 19.6. The molecule has 30 heavy (non-hydrogen) atoms. The molecule has 0 bridgehead atoms. The average Bonchev–Trinajstić information content (AvgIpc) is 3.07. The van der Waals surface area contributed by atoms with Crippen molar-refractivity contribution in [2.75, 3.05) is 26.7 Å². The number of ether oxygens (including phenoxy) is 1. The normalized spacial score (nSPS) is 43.3. The first-order valence-corrected chi connectivity index (χ1v) is 12.8. The summed E-state index contributed by atoms with van der Waals surface area (Å²) in [5.41, 5.74) is 3.73. The van der Waals surface area contributed by atoms with Crippen LogP contribution in [0.1, 0.15) is 90.9 Å². The monoisotopic (exact) mass is 415 g/mol. The van der Waals surface area contributed by atoms with Gasteiger partial charge in [-0.2, -0.15) is 0 Å². The first kappa shape index (κ1) is 22.6. The largest absolute Gasteiger partial charge is 0.393 e. The van der Waals surface area contributed by atoms with E-state index in [1.807, 2.05) is 7.11 Å². The number of fused-ring (bicyclic) bond motifs is 1. The second-order valence-corrected chi connectivity index (χ2v) is 11.3. The SMILES string of the molecule is COC1(C)CCCN(CC[C@H]2CCC3/C(=C/C=C4/CCCC(O)C4)CCCC32C)C1. The third-order valence-electron chi connectivity index (χ3n) is 9.25. The van der Waals surface area contributed by atoms with Crippen molar-refractivity contribution in [2.45, 2.75) is 103 Å². The predicted molar refractivity (Wildman–Crippen MR) is 125 cm³/mol. The van der Waals surface area contributed by atoms with Gasteiger partial charge in [-0.05, 0) is 114 Å². The Kier molecular flexibility index (Phi) is 7.11. The molecule has 0 radical (unpaired) electrons. The van der Waals surface area contributed by atoms with E-state index in [1.165, 1.54) is 76.5 Å². The van der Waals surface area contributed by atoms with Gasteiger partial charge in [0.25, 0.3) is 0 Å².